The molecule has 1 aromatic carbocycles. The van der Waals surface area contributed by atoms with Gasteiger partial charge in [0.2, 0.25) is 5.91 Å². The number of benzene rings is 1. The standard InChI is InChI=1S/C28H29F3N2O3/c1-16-26-24(23-10-11-33(17(2)34)15-20(23)13-25(26)27(35)36-16)9-8-22-7-6-19(14-32-22)18-4-3-5-21(12-18)28(29,30)31/h3-9,12,14,16,20,23-26H,10-11,13,15H2,1-2H3/b9-8+/t16-,20-,23-,24+,25-,26+/m1/s1. The molecule has 8 heteroatoms. The minimum absolute atomic E-state index is 0.0649. The van der Waals surface area contributed by atoms with E-state index in [-0.39, 0.29) is 41.7 Å². The summed E-state index contributed by atoms with van der Waals surface area (Å²) >= 11 is 0. The molecule has 1 amide bonds. The van der Waals surface area contributed by atoms with Gasteiger partial charge in [-0.3, -0.25) is 14.6 Å². The van der Waals surface area contributed by atoms with Gasteiger partial charge in [-0.25, -0.2) is 0 Å². The van der Waals surface area contributed by atoms with E-state index in [0.717, 1.165) is 25.0 Å². The predicted molar refractivity (Wildman–Crippen MR) is 128 cm³/mol. The summed E-state index contributed by atoms with van der Waals surface area (Å²) in [6, 6.07) is 8.77. The summed E-state index contributed by atoms with van der Waals surface area (Å²) in [6.07, 6.45) is 2.71. The van der Waals surface area contributed by atoms with Crippen molar-refractivity contribution in [2.75, 3.05) is 13.1 Å². The fourth-order valence-electron chi connectivity index (χ4n) is 6.40. The number of hydrogen-bond donors (Lipinski definition) is 0. The summed E-state index contributed by atoms with van der Waals surface area (Å²) in [7, 11) is 0. The van der Waals surface area contributed by atoms with E-state index in [2.05, 4.69) is 11.1 Å². The number of likely N-dealkylation sites (tertiary alicyclic amines) is 1. The SMILES string of the molecule is CC(=O)N1CC[C@@H]2[C@H](C[C@H]3C(=O)O[C@H](C)[C@H]3[C@H]2/C=C/c2ccc(-c3cccc(C(F)(F)F)c3)cn2)C1. The Labute approximate surface area is 208 Å². The Balaban J connectivity index is 1.38. The lowest BCUT2D eigenvalue weighted by molar-refractivity contribution is -0.144. The lowest BCUT2D eigenvalue weighted by Gasteiger charge is -2.48. The van der Waals surface area contributed by atoms with E-state index >= 15 is 0 Å². The molecule has 6 atom stereocenters. The van der Waals surface area contributed by atoms with Gasteiger partial charge in [-0.05, 0) is 67.4 Å². The smallest absolute Gasteiger partial charge is 0.416 e. The number of pyridine rings is 1. The van der Waals surface area contributed by atoms with Crippen LogP contribution >= 0.6 is 0 Å². The van der Waals surface area contributed by atoms with Crippen molar-refractivity contribution in [1.82, 2.24) is 9.88 Å². The van der Waals surface area contributed by atoms with Gasteiger partial charge in [-0.15, -0.1) is 0 Å². The van der Waals surface area contributed by atoms with Crippen LogP contribution in [0.3, 0.4) is 0 Å². The topological polar surface area (TPSA) is 59.5 Å². The first-order chi connectivity index (χ1) is 17.1. The molecule has 0 bridgehead atoms. The van der Waals surface area contributed by atoms with E-state index < -0.39 is 11.7 Å². The normalized spacial score (nSPS) is 30.1. The molecule has 5 rings (SSSR count). The molecule has 0 unspecified atom stereocenters. The summed E-state index contributed by atoms with van der Waals surface area (Å²) in [5.41, 5.74) is 1.07. The van der Waals surface area contributed by atoms with Crippen LogP contribution in [-0.2, 0) is 20.5 Å². The van der Waals surface area contributed by atoms with Crippen molar-refractivity contribution >= 4 is 18.0 Å². The highest BCUT2D eigenvalue weighted by molar-refractivity contribution is 5.76. The van der Waals surface area contributed by atoms with Crippen molar-refractivity contribution in [1.29, 1.82) is 0 Å². The summed E-state index contributed by atoms with van der Waals surface area (Å²) in [5, 5.41) is 0. The number of rotatable bonds is 3. The number of cyclic esters (lactones) is 1. The minimum atomic E-state index is -4.40. The van der Waals surface area contributed by atoms with E-state index in [9.17, 15) is 22.8 Å². The Bertz CT molecular complexity index is 1180. The highest BCUT2D eigenvalue weighted by atomic mass is 19.4. The zero-order valence-corrected chi connectivity index (χ0v) is 20.2. The Kier molecular flexibility index (Phi) is 6.39. The highest BCUT2D eigenvalue weighted by Gasteiger charge is 2.54. The van der Waals surface area contributed by atoms with Gasteiger partial charge >= 0.3 is 12.1 Å². The van der Waals surface area contributed by atoms with Gasteiger partial charge < -0.3 is 9.64 Å². The molecule has 3 heterocycles. The lowest BCUT2D eigenvalue weighted by atomic mass is 9.59. The van der Waals surface area contributed by atoms with E-state index in [1.165, 1.54) is 6.07 Å². The average molecular weight is 499 g/mol. The van der Waals surface area contributed by atoms with Gasteiger partial charge in [0.05, 0.1) is 17.2 Å². The molecular weight excluding hydrogens is 469 g/mol. The molecule has 3 aliphatic rings. The summed E-state index contributed by atoms with van der Waals surface area (Å²) in [6.45, 7) is 4.92. The zero-order valence-electron chi connectivity index (χ0n) is 20.2. The Morgan fingerprint density at radius 3 is 2.69 bits per heavy atom. The van der Waals surface area contributed by atoms with Crippen molar-refractivity contribution in [2.24, 2.45) is 29.6 Å². The number of hydrogen-bond acceptors (Lipinski definition) is 4. The first-order valence-corrected chi connectivity index (χ1v) is 12.4. The molecular formula is C28H29F3N2O3. The number of allylic oxidation sites excluding steroid dienone is 1. The van der Waals surface area contributed by atoms with Gasteiger partial charge in [-0.2, -0.15) is 13.2 Å². The Morgan fingerprint density at radius 2 is 2.00 bits per heavy atom. The van der Waals surface area contributed by atoms with Crippen LogP contribution in [0, 0.1) is 29.6 Å². The number of esters is 1. The van der Waals surface area contributed by atoms with E-state index in [0.29, 0.717) is 35.8 Å². The van der Waals surface area contributed by atoms with Crippen molar-refractivity contribution in [3.8, 4) is 11.1 Å². The molecule has 1 aromatic heterocycles. The van der Waals surface area contributed by atoms with Gasteiger partial charge in [0, 0.05) is 37.7 Å². The fraction of sp³-hybridized carbons (Fsp3) is 0.464. The number of halogens is 3. The molecule has 0 N–H and O–H groups in total. The number of alkyl halides is 3. The van der Waals surface area contributed by atoms with E-state index in [1.54, 1.807) is 31.3 Å². The molecule has 3 fully saturated rings. The van der Waals surface area contributed by atoms with Crippen LogP contribution in [0.1, 0.15) is 37.9 Å². The van der Waals surface area contributed by atoms with Crippen molar-refractivity contribution < 1.29 is 27.5 Å². The van der Waals surface area contributed by atoms with Gasteiger partial charge in [0.1, 0.15) is 6.10 Å². The number of fused-ring (bicyclic) bond motifs is 2. The van der Waals surface area contributed by atoms with Crippen molar-refractivity contribution in [3.05, 3.63) is 59.9 Å². The average Bonchev–Trinajstić information content (AvgIpc) is 3.14. The predicted octanol–water partition coefficient (Wildman–Crippen LogP) is 5.46. The molecule has 190 valence electrons. The van der Waals surface area contributed by atoms with Gasteiger partial charge in [0.15, 0.2) is 0 Å². The molecule has 2 saturated heterocycles. The maximum Gasteiger partial charge on any atom is 0.416 e. The first-order valence-electron chi connectivity index (χ1n) is 12.4. The Morgan fingerprint density at radius 1 is 1.19 bits per heavy atom. The third-order valence-corrected chi connectivity index (χ3v) is 8.14. The van der Waals surface area contributed by atoms with E-state index in [4.69, 9.17) is 4.74 Å². The van der Waals surface area contributed by atoms with Crippen LogP contribution in [0.2, 0.25) is 0 Å². The zero-order chi connectivity index (χ0) is 25.6. The number of aromatic nitrogens is 1. The monoisotopic (exact) mass is 498 g/mol. The number of piperidine rings is 1. The van der Waals surface area contributed by atoms with Crippen molar-refractivity contribution in [3.63, 3.8) is 0 Å². The van der Waals surface area contributed by atoms with Gasteiger partial charge in [-0.1, -0.05) is 24.3 Å². The fourth-order valence-corrected chi connectivity index (χ4v) is 6.40. The van der Waals surface area contributed by atoms with Crippen LogP contribution < -0.4 is 0 Å². The minimum Gasteiger partial charge on any atom is -0.462 e. The molecule has 1 aliphatic carbocycles. The Hall–Kier alpha value is -3.16. The molecule has 0 spiro atoms. The molecule has 2 aromatic rings. The van der Waals surface area contributed by atoms with Crippen LogP contribution in [0.4, 0.5) is 13.2 Å². The van der Waals surface area contributed by atoms with Crippen LogP contribution in [-0.4, -0.2) is 41.0 Å². The second kappa shape index (κ2) is 9.37. The summed E-state index contributed by atoms with van der Waals surface area (Å²) < 4.78 is 44.8. The molecule has 2 aliphatic heterocycles. The third kappa shape index (κ3) is 4.65. The van der Waals surface area contributed by atoms with Gasteiger partial charge in [0.25, 0.3) is 0 Å². The summed E-state index contributed by atoms with van der Waals surface area (Å²) in [5.74, 6) is 0.548. The summed E-state index contributed by atoms with van der Waals surface area (Å²) in [4.78, 5) is 30.9. The number of carbonyl (C=O) groups excluding carboxylic acids is 2. The third-order valence-electron chi connectivity index (χ3n) is 8.14. The molecule has 0 radical (unpaired) electrons. The number of carbonyl (C=O) groups is 2. The largest absolute Gasteiger partial charge is 0.462 e. The maximum absolute atomic E-state index is 13.1. The van der Waals surface area contributed by atoms with Crippen LogP contribution in [0.5, 0.6) is 0 Å². The maximum atomic E-state index is 13.1. The molecule has 1 saturated carbocycles. The van der Waals surface area contributed by atoms with Crippen molar-refractivity contribution in [2.45, 2.75) is 39.0 Å². The van der Waals surface area contributed by atoms with E-state index in [1.807, 2.05) is 17.9 Å². The second-order valence-corrected chi connectivity index (χ2v) is 10.2. The second-order valence-electron chi connectivity index (χ2n) is 10.2. The van der Waals surface area contributed by atoms with Crippen LogP contribution in [0.25, 0.3) is 17.2 Å². The number of amides is 1. The quantitative estimate of drug-likeness (QED) is 0.527. The number of ether oxygens (including phenoxy) is 1. The first kappa shape index (κ1) is 24.5. The lowest BCUT2D eigenvalue weighted by Crippen LogP contribution is -2.51. The molecule has 5 nitrogen and oxygen atoms in total. The van der Waals surface area contributed by atoms with Crippen LogP contribution in [0.15, 0.2) is 48.7 Å². The highest BCUT2D eigenvalue weighted by Crippen LogP contribution is 2.51. The number of nitrogens with zero attached hydrogens (tertiary/aromatic N) is 2. The molecule has 36 heavy (non-hydrogen) atoms.